The summed E-state index contributed by atoms with van der Waals surface area (Å²) in [7, 11) is 0. The SMILES string of the molecule is CCC1COCCN1C(=O)c1cc(N)nc(Cl)c1. The minimum atomic E-state index is -0.0684. The number of aromatic nitrogens is 1. The lowest BCUT2D eigenvalue weighted by molar-refractivity contribution is -0.00279. The fraction of sp³-hybridized carbons (Fsp3) is 0.500. The van der Waals surface area contributed by atoms with E-state index in [1.807, 2.05) is 11.8 Å². The normalized spacial score (nSPS) is 19.9. The number of amides is 1. The third kappa shape index (κ3) is 2.73. The first kappa shape index (κ1) is 13.1. The molecular formula is C12H16ClN3O2. The third-order valence-corrected chi connectivity index (χ3v) is 3.21. The fourth-order valence-corrected chi connectivity index (χ4v) is 2.28. The zero-order valence-corrected chi connectivity index (χ0v) is 11.0. The van der Waals surface area contributed by atoms with E-state index in [0.29, 0.717) is 25.3 Å². The maximum Gasteiger partial charge on any atom is 0.254 e. The Balaban J connectivity index is 2.23. The summed E-state index contributed by atoms with van der Waals surface area (Å²) in [6, 6.07) is 3.21. The molecule has 5 nitrogen and oxygen atoms in total. The average molecular weight is 270 g/mol. The summed E-state index contributed by atoms with van der Waals surface area (Å²) in [4.78, 5) is 18.1. The van der Waals surface area contributed by atoms with Crippen LogP contribution in [-0.4, -0.2) is 41.6 Å². The number of hydrogen-bond donors (Lipinski definition) is 1. The molecule has 1 fully saturated rings. The molecule has 6 heteroatoms. The number of morpholine rings is 1. The lowest BCUT2D eigenvalue weighted by atomic mass is 10.1. The van der Waals surface area contributed by atoms with Gasteiger partial charge in [0.25, 0.3) is 5.91 Å². The molecule has 0 aliphatic carbocycles. The van der Waals surface area contributed by atoms with E-state index in [4.69, 9.17) is 22.1 Å². The van der Waals surface area contributed by atoms with Crippen LogP contribution in [0.5, 0.6) is 0 Å². The number of rotatable bonds is 2. The highest BCUT2D eigenvalue weighted by atomic mass is 35.5. The second kappa shape index (κ2) is 5.54. The second-order valence-corrected chi connectivity index (χ2v) is 4.63. The van der Waals surface area contributed by atoms with Crippen molar-refractivity contribution >= 4 is 23.3 Å². The van der Waals surface area contributed by atoms with Crippen molar-refractivity contribution in [1.29, 1.82) is 0 Å². The standard InChI is InChI=1S/C12H16ClN3O2/c1-2-9-7-18-4-3-16(9)12(17)8-5-10(13)15-11(14)6-8/h5-6,9H,2-4,7H2,1H3,(H2,14,15). The van der Waals surface area contributed by atoms with Crippen LogP contribution in [0.1, 0.15) is 23.7 Å². The summed E-state index contributed by atoms with van der Waals surface area (Å²) in [6.07, 6.45) is 0.861. The zero-order valence-electron chi connectivity index (χ0n) is 10.2. The van der Waals surface area contributed by atoms with E-state index in [-0.39, 0.29) is 22.9 Å². The van der Waals surface area contributed by atoms with Crippen molar-refractivity contribution in [2.75, 3.05) is 25.5 Å². The van der Waals surface area contributed by atoms with Crippen molar-refractivity contribution in [3.8, 4) is 0 Å². The topological polar surface area (TPSA) is 68.5 Å². The summed E-state index contributed by atoms with van der Waals surface area (Å²) in [5.74, 6) is 0.188. The van der Waals surface area contributed by atoms with Gasteiger partial charge in [-0.05, 0) is 18.6 Å². The molecule has 0 radical (unpaired) electrons. The van der Waals surface area contributed by atoms with E-state index in [0.717, 1.165) is 6.42 Å². The van der Waals surface area contributed by atoms with E-state index in [1.165, 1.54) is 0 Å². The summed E-state index contributed by atoms with van der Waals surface area (Å²) in [6.45, 7) is 3.78. The average Bonchev–Trinajstić information content (AvgIpc) is 2.36. The summed E-state index contributed by atoms with van der Waals surface area (Å²) in [5, 5.41) is 0.236. The van der Waals surface area contributed by atoms with E-state index in [9.17, 15) is 4.79 Å². The molecule has 1 aliphatic rings. The molecule has 2 rings (SSSR count). The van der Waals surface area contributed by atoms with Gasteiger partial charge in [-0.1, -0.05) is 18.5 Å². The second-order valence-electron chi connectivity index (χ2n) is 4.24. The Kier molecular flexibility index (Phi) is 4.04. The quantitative estimate of drug-likeness (QED) is 0.828. The van der Waals surface area contributed by atoms with Gasteiger partial charge in [0.2, 0.25) is 0 Å². The Hall–Kier alpha value is -1.33. The molecule has 1 aromatic rings. The first-order valence-corrected chi connectivity index (χ1v) is 6.31. The van der Waals surface area contributed by atoms with Crippen LogP contribution in [0.2, 0.25) is 5.15 Å². The number of carbonyl (C=O) groups excluding carboxylic acids is 1. The molecule has 0 spiro atoms. The maximum absolute atomic E-state index is 12.4. The van der Waals surface area contributed by atoms with Gasteiger partial charge in [-0.3, -0.25) is 4.79 Å². The zero-order chi connectivity index (χ0) is 13.1. The lowest BCUT2D eigenvalue weighted by Crippen LogP contribution is -2.48. The number of nitrogens with two attached hydrogens (primary N) is 1. The highest BCUT2D eigenvalue weighted by Gasteiger charge is 2.27. The van der Waals surface area contributed by atoms with Gasteiger partial charge in [0, 0.05) is 12.1 Å². The predicted molar refractivity (Wildman–Crippen MR) is 69.6 cm³/mol. The molecule has 98 valence electrons. The van der Waals surface area contributed by atoms with Crippen molar-refractivity contribution in [2.45, 2.75) is 19.4 Å². The number of halogens is 1. The Morgan fingerprint density at radius 2 is 2.44 bits per heavy atom. The Labute approximate surface area is 111 Å². The predicted octanol–water partition coefficient (Wildman–Crippen LogP) is 1.57. The number of ether oxygens (including phenoxy) is 1. The Morgan fingerprint density at radius 3 is 3.11 bits per heavy atom. The largest absolute Gasteiger partial charge is 0.384 e. The van der Waals surface area contributed by atoms with Crippen molar-refractivity contribution in [2.24, 2.45) is 0 Å². The molecule has 1 saturated heterocycles. The van der Waals surface area contributed by atoms with Crippen LogP contribution < -0.4 is 5.73 Å². The van der Waals surface area contributed by atoms with Crippen LogP contribution in [0.4, 0.5) is 5.82 Å². The molecule has 0 bridgehead atoms. The summed E-state index contributed by atoms with van der Waals surface area (Å²) >= 11 is 5.82. The van der Waals surface area contributed by atoms with E-state index < -0.39 is 0 Å². The van der Waals surface area contributed by atoms with Gasteiger partial charge in [-0.25, -0.2) is 4.98 Å². The minimum Gasteiger partial charge on any atom is -0.384 e. The van der Waals surface area contributed by atoms with Crippen LogP contribution in [0.15, 0.2) is 12.1 Å². The van der Waals surface area contributed by atoms with Crippen molar-refractivity contribution in [3.05, 3.63) is 22.8 Å². The van der Waals surface area contributed by atoms with Crippen LogP contribution in [0.25, 0.3) is 0 Å². The van der Waals surface area contributed by atoms with Crippen LogP contribution in [0, 0.1) is 0 Å². The number of pyridine rings is 1. The van der Waals surface area contributed by atoms with Gasteiger partial charge in [0.15, 0.2) is 0 Å². The van der Waals surface area contributed by atoms with E-state index in [2.05, 4.69) is 4.98 Å². The molecule has 0 aromatic carbocycles. The lowest BCUT2D eigenvalue weighted by Gasteiger charge is -2.35. The van der Waals surface area contributed by atoms with Crippen LogP contribution in [0.3, 0.4) is 0 Å². The van der Waals surface area contributed by atoms with Crippen LogP contribution in [-0.2, 0) is 4.74 Å². The molecule has 1 aromatic heterocycles. The number of nitrogens with zero attached hydrogens (tertiary/aromatic N) is 2. The first-order valence-electron chi connectivity index (χ1n) is 5.93. The molecule has 1 atom stereocenters. The third-order valence-electron chi connectivity index (χ3n) is 3.02. The van der Waals surface area contributed by atoms with E-state index >= 15 is 0 Å². The highest BCUT2D eigenvalue weighted by molar-refractivity contribution is 6.29. The van der Waals surface area contributed by atoms with Gasteiger partial charge in [-0.15, -0.1) is 0 Å². The van der Waals surface area contributed by atoms with Crippen LogP contribution >= 0.6 is 11.6 Å². The van der Waals surface area contributed by atoms with E-state index in [1.54, 1.807) is 12.1 Å². The molecule has 1 amide bonds. The molecule has 18 heavy (non-hydrogen) atoms. The highest BCUT2D eigenvalue weighted by Crippen LogP contribution is 2.18. The van der Waals surface area contributed by atoms with Crippen molar-refractivity contribution in [3.63, 3.8) is 0 Å². The molecule has 0 saturated carbocycles. The Bertz CT molecular complexity index is 433. The molecule has 2 heterocycles. The minimum absolute atomic E-state index is 0.0684. The maximum atomic E-state index is 12.4. The van der Waals surface area contributed by atoms with Crippen molar-refractivity contribution in [1.82, 2.24) is 9.88 Å². The summed E-state index contributed by atoms with van der Waals surface area (Å²) < 4.78 is 5.38. The van der Waals surface area contributed by atoms with Gasteiger partial charge in [0.1, 0.15) is 11.0 Å². The number of nitrogen functional groups attached to an aromatic ring is 1. The Morgan fingerprint density at radius 1 is 1.67 bits per heavy atom. The first-order chi connectivity index (χ1) is 8.61. The fourth-order valence-electron chi connectivity index (χ4n) is 2.07. The van der Waals surface area contributed by atoms with Gasteiger partial charge in [0.05, 0.1) is 19.3 Å². The number of anilines is 1. The number of carbonyl (C=O) groups is 1. The molecular weight excluding hydrogens is 254 g/mol. The van der Waals surface area contributed by atoms with Gasteiger partial charge >= 0.3 is 0 Å². The van der Waals surface area contributed by atoms with Crippen molar-refractivity contribution < 1.29 is 9.53 Å². The molecule has 2 N–H and O–H groups in total. The molecule has 1 unspecified atom stereocenters. The monoisotopic (exact) mass is 269 g/mol. The number of hydrogen-bond acceptors (Lipinski definition) is 4. The smallest absolute Gasteiger partial charge is 0.254 e. The molecule has 1 aliphatic heterocycles. The van der Waals surface area contributed by atoms with Gasteiger partial charge < -0.3 is 15.4 Å². The summed E-state index contributed by atoms with van der Waals surface area (Å²) in [5.41, 5.74) is 6.08. The van der Waals surface area contributed by atoms with Gasteiger partial charge in [-0.2, -0.15) is 0 Å².